The highest BCUT2D eigenvalue weighted by atomic mass is 28.3. The third-order valence-electron chi connectivity index (χ3n) is 3.53. The number of hydrogen-bond acceptors (Lipinski definition) is 0. The molecular formula is C14H13FSi. The molecule has 0 aromatic heterocycles. The van der Waals surface area contributed by atoms with Crippen LogP contribution in [-0.2, 0) is 0 Å². The van der Waals surface area contributed by atoms with Crippen molar-refractivity contribution in [3.63, 3.8) is 0 Å². The minimum absolute atomic E-state index is 0.0367. The highest BCUT2D eigenvalue weighted by molar-refractivity contribution is 7.03. The molecule has 2 aromatic rings. The molecule has 80 valence electrons. The van der Waals surface area contributed by atoms with Crippen molar-refractivity contribution in [2.75, 3.05) is 0 Å². The predicted molar refractivity (Wildman–Crippen MR) is 68.6 cm³/mol. The van der Waals surface area contributed by atoms with Gasteiger partial charge in [-0.25, -0.2) is 4.39 Å². The lowest BCUT2D eigenvalue weighted by Crippen LogP contribution is -2.50. The van der Waals surface area contributed by atoms with E-state index in [2.05, 4.69) is 31.3 Å². The number of halogens is 1. The molecule has 0 atom stereocenters. The third-order valence-corrected chi connectivity index (χ3v) is 7.07. The zero-order valence-corrected chi connectivity index (χ0v) is 10.4. The first-order valence-corrected chi connectivity index (χ1v) is 8.51. The lowest BCUT2D eigenvalue weighted by molar-refractivity contribution is 0.636. The Labute approximate surface area is 95.8 Å². The van der Waals surface area contributed by atoms with Crippen LogP contribution in [0.2, 0.25) is 13.1 Å². The first-order valence-electron chi connectivity index (χ1n) is 5.51. The molecule has 0 spiro atoms. The molecule has 0 bridgehead atoms. The minimum Gasteiger partial charge on any atom is -0.207 e. The van der Waals surface area contributed by atoms with Gasteiger partial charge in [-0.15, -0.1) is 0 Å². The van der Waals surface area contributed by atoms with Crippen molar-refractivity contribution < 1.29 is 4.39 Å². The van der Waals surface area contributed by atoms with Crippen LogP contribution in [0.25, 0.3) is 11.1 Å². The van der Waals surface area contributed by atoms with E-state index in [-0.39, 0.29) is 5.82 Å². The SMILES string of the molecule is C[Si]1(C)c2ccccc2-c2cccc(F)c21. The Morgan fingerprint density at radius 2 is 1.56 bits per heavy atom. The number of hydrogen-bond donors (Lipinski definition) is 0. The summed E-state index contributed by atoms with van der Waals surface area (Å²) in [5.74, 6) is -0.0367. The summed E-state index contributed by atoms with van der Waals surface area (Å²) in [5.41, 5.74) is 2.33. The molecule has 2 aromatic carbocycles. The first kappa shape index (κ1) is 9.79. The number of fused-ring (bicyclic) bond motifs is 3. The summed E-state index contributed by atoms with van der Waals surface area (Å²) in [6.07, 6.45) is 0. The Bertz CT molecular complexity index is 573. The Morgan fingerprint density at radius 3 is 2.38 bits per heavy atom. The summed E-state index contributed by atoms with van der Waals surface area (Å²) in [6.45, 7) is 4.45. The molecule has 1 aliphatic rings. The van der Waals surface area contributed by atoms with Gasteiger partial charge >= 0.3 is 0 Å². The highest BCUT2D eigenvalue weighted by Gasteiger charge is 2.39. The summed E-state index contributed by atoms with van der Waals surface area (Å²) in [4.78, 5) is 0. The van der Waals surface area contributed by atoms with Gasteiger partial charge in [-0.2, -0.15) is 0 Å². The normalized spacial score (nSPS) is 15.7. The zero-order chi connectivity index (χ0) is 11.3. The summed E-state index contributed by atoms with van der Waals surface area (Å²) < 4.78 is 14.0. The maximum Gasteiger partial charge on any atom is 0.123 e. The Balaban J connectivity index is 2.44. The second kappa shape index (κ2) is 3.05. The monoisotopic (exact) mass is 228 g/mol. The molecule has 0 radical (unpaired) electrons. The fourth-order valence-electron chi connectivity index (χ4n) is 2.78. The fraction of sp³-hybridized carbons (Fsp3) is 0.143. The Kier molecular flexibility index (Phi) is 1.86. The van der Waals surface area contributed by atoms with Gasteiger partial charge in [0.1, 0.15) is 13.9 Å². The molecule has 0 amide bonds. The first-order chi connectivity index (χ1) is 7.62. The Hall–Kier alpha value is -1.41. The molecule has 2 heteroatoms. The van der Waals surface area contributed by atoms with Crippen molar-refractivity contribution in [3.05, 3.63) is 48.3 Å². The Morgan fingerprint density at radius 1 is 0.875 bits per heavy atom. The van der Waals surface area contributed by atoms with E-state index in [4.69, 9.17) is 0 Å². The van der Waals surface area contributed by atoms with Gasteiger partial charge in [-0.05, 0) is 27.6 Å². The van der Waals surface area contributed by atoms with E-state index < -0.39 is 8.07 Å². The van der Waals surface area contributed by atoms with Gasteiger partial charge < -0.3 is 0 Å². The van der Waals surface area contributed by atoms with Crippen LogP contribution in [0.15, 0.2) is 42.5 Å². The second-order valence-electron chi connectivity index (χ2n) is 4.83. The van der Waals surface area contributed by atoms with Crippen molar-refractivity contribution in [1.29, 1.82) is 0 Å². The minimum atomic E-state index is -1.80. The van der Waals surface area contributed by atoms with Gasteiger partial charge in [-0.3, -0.25) is 0 Å². The van der Waals surface area contributed by atoms with E-state index in [0.29, 0.717) is 0 Å². The quantitative estimate of drug-likeness (QED) is 0.608. The fourth-order valence-corrected chi connectivity index (χ4v) is 6.03. The van der Waals surface area contributed by atoms with Crippen molar-refractivity contribution in [1.82, 2.24) is 0 Å². The second-order valence-corrected chi connectivity index (χ2v) is 9.12. The zero-order valence-electron chi connectivity index (χ0n) is 9.42. The molecule has 0 N–H and O–H groups in total. The largest absolute Gasteiger partial charge is 0.207 e. The van der Waals surface area contributed by atoms with Gasteiger partial charge in [0.15, 0.2) is 0 Å². The molecule has 1 heterocycles. The van der Waals surface area contributed by atoms with Gasteiger partial charge in [0.2, 0.25) is 0 Å². The van der Waals surface area contributed by atoms with Crippen LogP contribution in [0, 0.1) is 5.82 Å². The average molecular weight is 228 g/mol. The summed E-state index contributed by atoms with van der Waals surface area (Å²) in [6, 6.07) is 13.8. The van der Waals surface area contributed by atoms with E-state index in [1.807, 2.05) is 12.1 Å². The molecule has 0 aliphatic carbocycles. The lowest BCUT2D eigenvalue weighted by atomic mass is 10.1. The van der Waals surface area contributed by atoms with Crippen LogP contribution in [0.3, 0.4) is 0 Å². The lowest BCUT2D eigenvalue weighted by Gasteiger charge is -2.18. The summed E-state index contributed by atoms with van der Waals surface area (Å²) in [7, 11) is -1.80. The van der Waals surface area contributed by atoms with Crippen LogP contribution < -0.4 is 10.4 Å². The van der Waals surface area contributed by atoms with E-state index in [1.54, 1.807) is 12.1 Å². The van der Waals surface area contributed by atoms with E-state index in [1.165, 1.54) is 10.8 Å². The van der Waals surface area contributed by atoms with Crippen molar-refractivity contribution >= 4 is 18.4 Å². The standard InChI is InChI=1S/C14H13FSi/c1-16(2)13-9-4-3-6-10(13)11-7-5-8-12(15)14(11)16/h3-9H,1-2H3. The van der Waals surface area contributed by atoms with Gasteiger partial charge in [-0.1, -0.05) is 49.5 Å². The smallest absolute Gasteiger partial charge is 0.123 e. The number of benzene rings is 2. The molecule has 16 heavy (non-hydrogen) atoms. The van der Waals surface area contributed by atoms with Gasteiger partial charge in [0.25, 0.3) is 0 Å². The van der Waals surface area contributed by atoms with Crippen molar-refractivity contribution in [2.45, 2.75) is 13.1 Å². The van der Waals surface area contributed by atoms with E-state index in [0.717, 1.165) is 10.8 Å². The molecule has 0 saturated carbocycles. The maximum absolute atomic E-state index is 14.0. The average Bonchev–Trinajstić information content (AvgIpc) is 2.50. The summed E-state index contributed by atoms with van der Waals surface area (Å²) in [5, 5.41) is 2.33. The molecular weight excluding hydrogens is 215 g/mol. The van der Waals surface area contributed by atoms with Gasteiger partial charge in [0, 0.05) is 0 Å². The molecule has 0 unspecified atom stereocenters. The van der Waals surface area contributed by atoms with Crippen molar-refractivity contribution in [2.24, 2.45) is 0 Å². The van der Waals surface area contributed by atoms with E-state index >= 15 is 0 Å². The highest BCUT2D eigenvalue weighted by Crippen LogP contribution is 2.28. The van der Waals surface area contributed by atoms with Crippen molar-refractivity contribution in [3.8, 4) is 11.1 Å². The van der Waals surface area contributed by atoms with Crippen LogP contribution in [0.4, 0.5) is 4.39 Å². The van der Waals surface area contributed by atoms with Crippen LogP contribution in [0.1, 0.15) is 0 Å². The molecule has 0 saturated heterocycles. The molecule has 0 nitrogen and oxygen atoms in total. The van der Waals surface area contributed by atoms with Crippen LogP contribution in [-0.4, -0.2) is 8.07 Å². The molecule has 1 aliphatic heterocycles. The predicted octanol–water partition coefficient (Wildman–Crippen LogP) is 2.63. The van der Waals surface area contributed by atoms with E-state index in [9.17, 15) is 4.39 Å². The number of rotatable bonds is 0. The topological polar surface area (TPSA) is 0 Å². The maximum atomic E-state index is 14.0. The van der Waals surface area contributed by atoms with Crippen LogP contribution in [0.5, 0.6) is 0 Å². The van der Waals surface area contributed by atoms with Crippen LogP contribution >= 0.6 is 0 Å². The van der Waals surface area contributed by atoms with Gasteiger partial charge in [0.05, 0.1) is 0 Å². The molecule has 3 rings (SSSR count). The third kappa shape index (κ3) is 1.08. The molecule has 0 fully saturated rings. The summed E-state index contributed by atoms with van der Waals surface area (Å²) >= 11 is 0.